The van der Waals surface area contributed by atoms with Crippen molar-refractivity contribution >= 4 is 53.8 Å². The van der Waals surface area contributed by atoms with Gasteiger partial charge in [-0.2, -0.15) is 0 Å². The first-order valence-electron chi connectivity index (χ1n) is 8.51. The van der Waals surface area contributed by atoms with Crippen LogP contribution in [0.15, 0.2) is 34.5 Å². The molecule has 1 aromatic carbocycles. The van der Waals surface area contributed by atoms with Crippen molar-refractivity contribution in [3.05, 3.63) is 45.9 Å². The molecule has 152 valence electrons. The van der Waals surface area contributed by atoms with Crippen LogP contribution in [0.5, 0.6) is 0 Å². The second-order valence-corrected chi connectivity index (χ2v) is 8.71. The SMILES string of the molecule is Cc1nc(CSc2ccc(C(=O)N(C)CCC(N)C(C)C)cc2)cs1.Cl.Cl. The van der Waals surface area contributed by atoms with E-state index in [0.29, 0.717) is 12.5 Å². The lowest BCUT2D eigenvalue weighted by molar-refractivity contribution is 0.0789. The van der Waals surface area contributed by atoms with Crippen LogP contribution in [0.25, 0.3) is 0 Å². The quantitative estimate of drug-likeness (QED) is 0.573. The first-order valence-corrected chi connectivity index (χ1v) is 10.4. The zero-order chi connectivity index (χ0) is 18.4. The Labute approximate surface area is 183 Å². The number of nitrogens with zero attached hydrogens (tertiary/aromatic N) is 2. The summed E-state index contributed by atoms with van der Waals surface area (Å²) in [5.74, 6) is 1.33. The molecule has 0 saturated heterocycles. The van der Waals surface area contributed by atoms with Crippen molar-refractivity contribution in [1.29, 1.82) is 0 Å². The summed E-state index contributed by atoms with van der Waals surface area (Å²) in [7, 11) is 1.84. The van der Waals surface area contributed by atoms with E-state index in [1.165, 1.54) is 0 Å². The molecule has 8 heteroatoms. The molecular weight excluding hydrogens is 421 g/mol. The van der Waals surface area contributed by atoms with E-state index in [4.69, 9.17) is 5.73 Å². The molecule has 1 atom stereocenters. The molecule has 4 nitrogen and oxygen atoms in total. The molecule has 1 unspecified atom stereocenters. The minimum Gasteiger partial charge on any atom is -0.342 e. The molecule has 27 heavy (non-hydrogen) atoms. The van der Waals surface area contributed by atoms with E-state index in [0.717, 1.165) is 33.3 Å². The molecule has 0 bridgehead atoms. The summed E-state index contributed by atoms with van der Waals surface area (Å²) in [6, 6.07) is 7.93. The van der Waals surface area contributed by atoms with E-state index in [9.17, 15) is 4.79 Å². The highest BCUT2D eigenvalue weighted by atomic mass is 35.5. The van der Waals surface area contributed by atoms with Crippen molar-refractivity contribution in [3.8, 4) is 0 Å². The first kappa shape index (κ1) is 26.2. The van der Waals surface area contributed by atoms with E-state index in [2.05, 4.69) is 24.2 Å². The molecule has 0 aliphatic heterocycles. The predicted octanol–water partition coefficient (Wildman–Crippen LogP) is 5.03. The fourth-order valence-electron chi connectivity index (χ4n) is 2.32. The smallest absolute Gasteiger partial charge is 0.253 e. The summed E-state index contributed by atoms with van der Waals surface area (Å²) in [5, 5.41) is 3.19. The normalized spacial score (nSPS) is 11.5. The second kappa shape index (κ2) is 12.6. The molecule has 1 heterocycles. The maximum absolute atomic E-state index is 12.5. The van der Waals surface area contributed by atoms with Crippen molar-refractivity contribution < 1.29 is 4.79 Å². The van der Waals surface area contributed by atoms with Crippen LogP contribution in [-0.4, -0.2) is 35.4 Å². The number of aryl methyl sites for hydroxylation is 1. The number of rotatable bonds is 8. The molecule has 2 N–H and O–H groups in total. The average Bonchev–Trinajstić information content (AvgIpc) is 3.02. The molecule has 0 fully saturated rings. The van der Waals surface area contributed by atoms with Gasteiger partial charge >= 0.3 is 0 Å². The van der Waals surface area contributed by atoms with E-state index in [1.54, 1.807) is 28.0 Å². The molecule has 0 aliphatic carbocycles. The number of thiazole rings is 1. The zero-order valence-corrected chi connectivity index (χ0v) is 19.4. The van der Waals surface area contributed by atoms with Gasteiger partial charge in [-0.05, 0) is 43.5 Å². The molecule has 0 spiro atoms. The molecule has 0 aliphatic rings. The lowest BCUT2D eigenvalue weighted by atomic mass is 10.0. The summed E-state index contributed by atoms with van der Waals surface area (Å²) in [6.45, 7) is 6.91. The summed E-state index contributed by atoms with van der Waals surface area (Å²) in [6.07, 6.45) is 0.820. The predicted molar refractivity (Wildman–Crippen MR) is 122 cm³/mol. The van der Waals surface area contributed by atoms with Crippen LogP contribution >= 0.6 is 47.9 Å². The minimum absolute atomic E-state index is 0. The van der Waals surface area contributed by atoms with Crippen LogP contribution in [0.4, 0.5) is 0 Å². The number of nitrogens with two attached hydrogens (primary N) is 1. The maximum atomic E-state index is 12.5. The number of hydrogen-bond donors (Lipinski definition) is 1. The average molecular weight is 451 g/mol. The number of thioether (sulfide) groups is 1. The lowest BCUT2D eigenvalue weighted by Crippen LogP contribution is -2.34. The third kappa shape index (κ3) is 8.40. The van der Waals surface area contributed by atoms with Crippen LogP contribution in [0.3, 0.4) is 0 Å². The Morgan fingerprint density at radius 3 is 2.41 bits per heavy atom. The second-order valence-electron chi connectivity index (χ2n) is 6.59. The fraction of sp³-hybridized carbons (Fsp3) is 0.474. The van der Waals surface area contributed by atoms with Crippen molar-refractivity contribution in [2.45, 2.75) is 43.9 Å². The van der Waals surface area contributed by atoms with Crippen LogP contribution in [0.2, 0.25) is 0 Å². The van der Waals surface area contributed by atoms with Crippen molar-refractivity contribution in [3.63, 3.8) is 0 Å². The van der Waals surface area contributed by atoms with Crippen molar-refractivity contribution in [2.24, 2.45) is 11.7 Å². The van der Waals surface area contributed by atoms with Gasteiger partial charge < -0.3 is 10.6 Å². The van der Waals surface area contributed by atoms with Crippen LogP contribution in [-0.2, 0) is 5.75 Å². The van der Waals surface area contributed by atoms with Gasteiger partial charge in [0.2, 0.25) is 0 Å². The summed E-state index contributed by atoms with van der Waals surface area (Å²) in [4.78, 5) is 19.9. The topological polar surface area (TPSA) is 59.2 Å². The van der Waals surface area contributed by atoms with E-state index in [-0.39, 0.29) is 36.8 Å². The van der Waals surface area contributed by atoms with Crippen LogP contribution in [0.1, 0.15) is 41.3 Å². The van der Waals surface area contributed by atoms with Gasteiger partial charge in [0.15, 0.2) is 0 Å². The molecule has 0 saturated carbocycles. The van der Waals surface area contributed by atoms with E-state index in [1.807, 2.05) is 38.2 Å². The molecule has 0 radical (unpaired) electrons. The number of carbonyl (C=O) groups is 1. The van der Waals surface area contributed by atoms with Crippen LogP contribution < -0.4 is 5.73 Å². The molecule has 1 amide bonds. The molecule has 2 rings (SSSR count). The Balaban J connectivity index is 0.00000338. The number of halogens is 2. The van der Waals surface area contributed by atoms with Crippen LogP contribution in [0, 0.1) is 12.8 Å². The Hall–Kier alpha value is -0.790. The lowest BCUT2D eigenvalue weighted by Gasteiger charge is -2.21. The monoisotopic (exact) mass is 449 g/mol. The van der Waals surface area contributed by atoms with E-state index >= 15 is 0 Å². The Morgan fingerprint density at radius 2 is 1.89 bits per heavy atom. The standard InChI is InChI=1S/C19H27N3OS2.2ClH/c1-13(2)18(20)9-10-22(4)19(23)15-5-7-17(8-6-15)25-12-16-11-24-14(3)21-16;;/h5-8,11,13,18H,9-10,12,20H2,1-4H3;2*1H. The maximum Gasteiger partial charge on any atom is 0.253 e. The number of amides is 1. The molecule has 1 aromatic heterocycles. The van der Waals surface area contributed by atoms with Gasteiger partial charge in [0, 0.05) is 41.2 Å². The summed E-state index contributed by atoms with van der Waals surface area (Å²) >= 11 is 3.41. The highest BCUT2D eigenvalue weighted by Crippen LogP contribution is 2.24. The summed E-state index contributed by atoms with van der Waals surface area (Å²) in [5.41, 5.74) is 7.88. The van der Waals surface area contributed by atoms with E-state index < -0.39 is 0 Å². The van der Waals surface area contributed by atoms with Gasteiger partial charge in [0.1, 0.15) is 0 Å². The number of aromatic nitrogens is 1. The van der Waals surface area contributed by atoms with Gasteiger partial charge in [-0.3, -0.25) is 4.79 Å². The molecule has 2 aromatic rings. The highest BCUT2D eigenvalue weighted by molar-refractivity contribution is 7.98. The Bertz CT molecular complexity index is 693. The third-order valence-electron chi connectivity index (χ3n) is 4.16. The number of hydrogen-bond acceptors (Lipinski definition) is 5. The number of carbonyl (C=O) groups excluding carboxylic acids is 1. The van der Waals surface area contributed by atoms with Gasteiger partial charge in [0.25, 0.3) is 5.91 Å². The molecular formula is C19H29Cl2N3OS2. The van der Waals surface area contributed by atoms with Gasteiger partial charge in [-0.1, -0.05) is 13.8 Å². The Morgan fingerprint density at radius 1 is 1.26 bits per heavy atom. The minimum atomic E-state index is 0. The van der Waals surface area contributed by atoms with Gasteiger partial charge in [0.05, 0.1) is 10.7 Å². The van der Waals surface area contributed by atoms with Crippen molar-refractivity contribution in [1.82, 2.24) is 9.88 Å². The number of benzene rings is 1. The highest BCUT2D eigenvalue weighted by Gasteiger charge is 2.14. The first-order chi connectivity index (χ1) is 11.9. The Kier molecular flexibility index (Phi) is 12.3. The zero-order valence-electron chi connectivity index (χ0n) is 16.2. The summed E-state index contributed by atoms with van der Waals surface area (Å²) < 4.78 is 0. The third-order valence-corrected chi connectivity index (χ3v) is 6.02. The largest absolute Gasteiger partial charge is 0.342 e. The van der Waals surface area contributed by atoms with Gasteiger partial charge in [-0.15, -0.1) is 47.9 Å². The van der Waals surface area contributed by atoms with Gasteiger partial charge in [-0.25, -0.2) is 4.98 Å². The van der Waals surface area contributed by atoms with Crippen molar-refractivity contribution in [2.75, 3.05) is 13.6 Å². The fourth-order valence-corrected chi connectivity index (χ4v) is 3.83.